The van der Waals surface area contributed by atoms with Crippen LogP contribution in [0.5, 0.6) is 0 Å². The predicted molar refractivity (Wildman–Crippen MR) is 91.5 cm³/mol. The van der Waals surface area contributed by atoms with Crippen LogP contribution >= 0.6 is 0 Å². The van der Waals surface area contributed by atoms with Gasteiger partial charge in [-0.15, -0.1) is 0 Å². The molecule has 0 N–H and O–H groups in total. The minimum atomic E-state index is -0.360. The van der Waals surface area contributed by atoms with E-state index in [9.17, 15) is 9.59 Å². The van der Waals surface area contributed by atoms with Crippen LogP contribution in [0.25, 0.3) is 0 Å². The van der Waals surface area contributed by atoms with Crippen molar-refractivity contribution in [1.29, 1.82) is 0 Å². The van der Waals surface area contributed by atoms with Crippen LogP contribution in [0.2, 0.25) is 0 Å². The second kappa shape index (κ2) is 5.61. The summed E-state index contributed by atoms with van der Waals surface area (Å²) >= 11 is 0. The van der Waals surface area contributed by atoms with E-state index in [2.05, 4.69) is 39.8 Å². The molecule has 23 heavy (non-hydrogen) atoms. The van der Waals surface area contributed by atoms with Crippen LogP contribution < -0.4 is 0 Å². The van der Waals surface area contributed by atoms with E-state index in [1.54, 1.807) is 0 Å². The minimum absolute atomic E-state index is 0.118. The quantitative estimate of drug-likeness (QED) is 0.434. The van der Waals surface area contributed by atoms with Crippen LogP contribution in [0.4, 0.5) is 0 Å². The van der Waals surface area contributed by atoms with Gasteiger partial charge in [-0.1, -0.05) is 51.0 Å². The van der Waals surface area contributed by atoms with Gasteiger partial charge in [0.15, 0.2) is 0 Å². The van der Waals surface area contributed by atoms with Gasteiger partial charge in [-0.05, 0) is 50.4 Å². The Hall–Kier alpha value is -1.38. The molecule has 4 atom stereocenters. The fourth-order valence-corrected chi connectivity index (χ4v) is 3.82. The molecule has 0 radical (unpaired) electrons. The van der Waals surface area contributed by atoms with E-state index in [4.69, 9.17) is 4.74 Å². The lowest BCUT2D eigenvalue weighted by molar-refractivity contribution is -0.162. The number of rotatable bonds is 4. The first-order valence-corrected chi connectivity index (χ1v) is 8.46. The Balaban J connectivity index is 2.01. The Morgan fingerprint density at radius 2 is 1.04 bits per heavy atom. The molecule has 0 aromatic heterocycles. The Labute approximate surface area is 140 Å². The second-order valence-corrected chi connectivity index (χ2v) is 8.88. The fraction of sp³-hybridized carbons (Fsp3) is 0.700. The van der Waals surface area contributed by atoms with Crippen molar-refractivity contribution in [2.24, 2.45) is 34.5 Å². The monoisotopic (exact) mass is 318 g/mol. The summed E-state index contributed by atoms with van der Waals surface area (Å²) in [5.74, 6) is -0.778. The topological polar surface area (TPSA) is 43.4 Å². The Morgan fingerprint density at radius 3 is 1.30 bits per heavy atom. The summed E-state index contributed by atoms with van der Waals surface area (Å²) in [7, 11) is 0. The van der Waals surface area contributed by atoms with E-state index in [0.29, 0.717) is 0 Å². The molecular formula is C20H30O3. The first-order chi connectivity index (χ1) is 10.4. The zero-order chi connectivity index (χ0) is 17.7. The summed E-state index contributed by atoms with van der Waals surface area (Å²) in [6.07, 6.45) is 4.23. The zero-order valence-corrected chi connectivity index (χ0v) is 15.7. The summed E-state index contributed by atoms with van der Waals surface area (Å²) in [6.45, 7) is 16.3. The van der Waals surface area contributed by atoms with Gasteiger partial charge in [0.2, 0.25) is 0 Å². The maximum absolute atomic E-state index is 12.4. The van der Waals surface area contributed by atoms with Gasteiger partial charge in [0.25, 0.3) is 0 Å². The van der Waals surface area contributed by atoms with E-state index in [-0.39, 0.29) is 46.4 Å². The standard InChI is InChI=1S/C20H30O3/c1-11(2)9-13-15(19(13,5)6)17(21)23-18(22)16-14(10-12(3)4)20(16,7)8/h9-10,13-16H,1-8H3/t13-,14-,15+,16+/m0/s1. The lowest BCUT2D eigenvalue weighted by Gasteiger charge is -2.05. The number of allylic oxidation sites excluding steroid dienone is 4. The SMILES string of the molecule is CC(C)=C[C@H]1[C@H](C(=O)OC(=O)[C@H]2[C@H](C=C(C)C)C2(C)C)C1(C)C. The van der Waals surface area contributed by atoms with Crippen molar-refractivity contribution in [2.75, 3.05) is 0 Å². The highest BCUT2D eigenvalue weighted by atomic mass is 16.6. The summed E-state index contributed by atoms with van der Waals surface area (Å²) in [4.78, 5) is 24.8. The van der Waals surface area contributed by atoms with E-state index >= 15 is 0 Å². The van der Waals surface area contributed by atoms with Gasteiger partial charge in [0, 0.05) is 0 Å². The molecule has 2 aliphatic carbocycles. The van der Waals surface area contributed by atoms with Crippen molar-refractivity contribution < 1.29 is 14.3 Å². The molecule has 2 fully saturated rings. The van der Waals surface area contributed by atoms with Gasteiger partial charge in [0.1, 0.15) is 0 Å². The number of ether oxygens (including phenoxy) is 1. The summed E-state index contributed by atoms with van der Waals surface area (Å²) in [5, 5.41) is 0. The van der Waals surface area contributed by atoms with E-state index in [1.807, 2.05) is 27.7 Å². The van der Waals surface area contributed by atoms with Crippen molar-refractivity contribution in [1.82, 2.24) is 0 Å². The van der Waals surface area contributed by atoms with Gasteiger partial charge in [0.05, 0.1) is 11.8 Å². The number of carbonyl (C=O) groups excluding carboxylic acids is 2. The van der Waals surface area contributed by atoms with Crippen molar-refractivity contribution >= 4 is 11.9 Å². The molecule has 0 bridgehead atoms. The third-order valence-electron chi connectivity index (χ3n) is 5.56. The van der Waals surface area contributed by atoms with Gasteiger partial charge in [-0.25, -0.2) is 0 Å². The minimum Gasteiger partial charge on any atom is -0.393 e. The van der Waals surface area contributed by atoms with Gasteiger partial charge in [-0.2, -0.15) is 0 Å². The molecule has 0 aliphatic heterocycles. The highest BCUT2D eigenvalue weighted by molar-refractivity contribution is 5.92. The molecule has 0 heterocycles. The van der Waals surface area contributed by atoms with E-state index < -0.39 is 0 Å². The molecule has 0 aromatic carbocycles. The van der Waals surface area contributed by atoms with E-state index in [1.165, 1.54) is 11.1 Å². The Morgan fingerprint density at radius 1 is 0.739 bits per heavy atom. The van der Waals surface area contributed by atoms with Crippen LogP contribution in [0, 0.1) is 34.5 Å². The Bertz CT molecular complexity index is 532. The number of carbonyl (C=O) groups is 2. The molecular weight excluding hydrogens is 288 g/mol. The van der Waals surface area contributed by atoms with Crippen LogP contribution in [0.3, 0.4) is 0 Å². The van der Waals surface area contributed by atoms with Crippen molar-refractivity contribution in [2.45, 2.75) is 55.4 Å². The van der Waals surface area contributed by atoms with Crippen LogP contribution in [-0.2, 0) is 14.3 Å². The summed E-state index contributed by atoms with van der Waals surface area (Å²) in [5.41, 5.74) is 2.15. The highest BCUT2D eigenvalue weighted by Gasteiger charge is 2.64. The maximum Gasteiger partial charge on any atom is 0.317 e. The van der Waals surface area contributed by atoms with Gasteiger partial charge < -0.3 is 4.74 Å². The molecule has 0 aromatic rings. The zero-order valence-electron chi connectivity index (χ0n) is 15.7. The normalized spacial score (nSPS) is 32.5. The number of hydrogen-bond donors (Lipinski definition) is 0. The largest absolute Gasteiger partial charge is 0.393 e. The maximum atomic E-state index is 12.4. The Kier molecular flexibility index (Phi) is 4.38. The van der Waals surface area contributed by atoms with Crippen LogP contribution in [-0.4, -0.2) is 11.9 Å². The molecule has 128 valence electrons. The average Bonchev–Trinajstić information content (AvgIpc) is 3.08. The first-order valence-electron chi connectivity index (χ1n) is 8.46. The molecule has 0 unspecified atom stereocenters. The molecule has 2 rings (SSSR count). The highest BCUT2D eigenvalue weighted by Crippen LogP contribution is 2.62. The summed E-state index contributed by atoms with van der Waals surface area (Å²) < 4.78 is 5.26. The lowest BCUT2D eigenvalue weighted by Crippen LogP contribution is -2.19. The van der Waals surface area contributed by atoms with Crippen LogP contribution in [0.15, 0.2) is 23.3 Å². The summed E-state index contributed by atoms with van der Waals surface area (Å²) in [6, 6.07) is 0. The number of esters is 2. The van der Waals surface area contributed by atoms with Crippen molar-refractivity contribution in [3.63, 3.8) is 0 Å². The third kappa shape index (κ3) is 3.29. The van der Waals surface area contributed by atoms with Crippen molar-refractivity contribution in [3.8, 4) is 0 Å². The predicted octanol–water partition coefficient (Wildman–Crippen LogP) is 4.53. The van der Waals surface area contributed by atoms with E-state index in [0.717, 1.165) is 0 Å². The second-order valence-electron chi connectivity index (χ2n) is 8.88. The van der Waals surface area contributed by atoms with Gasteiger partial charge >= 0.3 is 11.9 Å². The lowest BCUT2D eigenvalue weighted by atomic mass is 10.1. The number of hydrogen-bond acceptors (Lipinski definition) is 3. The molecule has 2 aliphatic rings. The molecule has 3 nitrogen and oxygen atoms in total. The first kappa shape index (κ1) is 18.0. The molecule has 2 saturated carbocycles. The molecule has 0 saturated heterocycles. The van der Waals surface area contributed by atoms with Crippen LogP contribution in [0.1, 0.15) is 55.4 Å². The molecule has 0 amide bonds. The van der Waals surface area contributed by atoms with Crippen molar-refractivity contribution in [3.05, 3.63) is 23.3 Å². The molecule has 0 spiro atoms. The third-order valence-corrected chi connectivity index (χ3v) is 5.56. The smallest absolute Gasteiger partial charge is 0.317 e. The van der Waals surface area contributed by atoms with Gasteiger partial charge in [-0.3, -0.25) is 9.59 Å². The molecule has 3 heteroatoms. The fourth-order valence-electron chi connectivity index (χ4n) is 3.82. The average molecular weight is 318 g/mol.